The van der Waals surface area contributed by atoms with Gasteiger partial charge in [-0.1, -0.05) is 20.4 Å². The highest BCUT2D eigenvalue weighted by atomic mass is 15.2. The van der Waals surface area contributed by atoms with Gasteiger partial charge < -0.3 is 5.73 Å². The second-order valence-corrected chi connectivity index (χ2v) is 6.02. The Hall–Kier alpha value is -0.500. The van der Waals surface area contributed by atoms with Gasteiger partial charge in [-0.05, 0) is 26.7 Å². The molecule has 1 fully saturated rings. The van der Waals surface area contributed by atoms with E-state index in [0.717, 1.165) is 18.8 Å². The first kappa shape index (κ1) is 11.6. The summed E-state index contributed by atoms with van der Waals surface area (Å²) in [6.45, 7) is 17.3. The molecule has 14 heavy (non-hydrogen) atoms. The highest BCUT2D eigenvalue weighted by Gasteiger charge is 2.43. The third-order valence-corrected chi connectivity index (χ3v) is 3.68. The Labute approximate surface area is 88.2 Å². The van der Waals surface area contributed by atoms with Crippen LogP contribution in [-0.4, -0.2) is 23.5 Å². The van der Waals surface area contributed by atoms with Crippen LogP contribution in [0.15, 0.2) is 12.3 Å². The summed E-state index contributed by atoms with van der Waals surface area (Å²) < 4.78 is 0. The van der Waals surface area contributed by atoms with Crippen molar-refractivity contribution in [1.29, 1.82) is 0 Å². The summed E-state index contributed by atoms with van der Waals surface area (Å²) in [4.78, 5) is 2.49. The third-order valence-electron chi connectivity index (χ3n) is 3.68. The monoisotopic (exact) mass is 196 g/mol. The Morgan fingerprint density at radius 1 is 1.21 bits per heavy atom. The van der Waals surface area contributed by atoms with Crippen LogP contribution in [0, 0.1) is 11.3 Å². The molecule has 0 saturated carbocycles. The molecule has 2 heteroatoms. The van der Waals surface area contributed by atoms with Crippen molar-refractivity contribution in [2.24, 2.45) is 17.1 Å². The molecule has 0 amide bonds. The quantitative estimate of drug-likeness (QED) is 0.733. The van der Waals surface area contributed by atoms with Gasteiger partial charge in [0, 0.05) is 29.7 Å². The molecule has 0 spiro atoms. The zero-order valence-electron chi connectivity index (χ0n) is 10.2. The highest BCUT2D eigenvalue weighted by Crippen LogP contribution is 2.40. The van der Waals surface area contributed by atoms with Gasteiger partial charge >= 0.3 is 0 Å². The lowest BCUT2D eigenvalue weighted by Crippen LogP contribution is -2.60. The molecular weight excluding hydrogens is 172 g/mol. The molecule has 2 nitrogen and oxygen atoms in total. The summed E-state index contributed by atoms with van der Waals surface area (Å²) in [7, 11) is 0. The highest BCUT2D eigenvalue weighted by molar-refractivity contribution is 5.09. The van der Waals surface area contributed by atoms with Crippen LogP contribution in [0.25, 0.3) is 0 Å². The van der Waals surface area contributed by atoms with Crippen LogP contribution in [-0.2, 0) is 0 Å². The summed E-state index contributed by atoms with van der Waals surface area (Å²) in [5.41, 5.74) is 7.02. The summed E-state index contributed by atoms with van der Waals surface area (Å²) in [6.07, 6.45) is 0. The van der Waals surface area contributed by atoms with E-state index in [1.54, 1.807) is 0 Å². The van der Waals surface area contributed by atoms with Crippen molar-refractivity contribution < 1.29 is 0 Å². The lowest BCUT2D eigenvalue weighted by Gasteiger charge is -2.53. The topological polar surface area (TPSA) is 29.3 Å². The van der Waals surface area contributed by atoms with E-state index in [1.807, 2.05) is 0 Å². The van der Waals surface area contributed by atoms with Crippen molar-refractivity contribution >= 4 is 0 Å². The van der Waals surface area contributed by atoms with Crippen molar-refractivity contribution in [1.82, 2.24) is 4.90 Å². The van der Waals surface area contributed by atoms with Crippen LogP contribution in [0.3, 0.4) is 0 Å². The van der Waals surface area contributed by atoms with E-state index >= 15 is 0 Å². The Morgan fingerprint density at radius 2 is 1.64 bits per heavy atom. The fourth-order valence-electron chi connectivity index (χ4n) is 1.74. The van der Waals surface area contributed by atoms with Crippen molar-refractivity contribution in [2.45, 2.75) is 40.2 Å². The maximum atomic E-state index is 5.82. The van der Waals surface area contributed by atoms with Gasteiger partial charge in [0.15, 0.2) is 0 Å². The number of rotatable bonds is 2. The van der Waals surface area contributed by atoms with E-state index in [2.05, 4.69) is 46.1 Å². The molecule has 1 aliphatic heterocycles. The molecule has 1 saturated heterocycles. The van der Waals surface area contributed by atoms with Crippen molar-refractivity contribution in [3.63, 3.8) is 0 Å². The molecule has 2 N–H and O–H groups in total. The maximum Gasteiger partial charge on any atom is 0.0125 e. The second kappa shape index (κ2) is 3.27. The number of nitrogens with two attached hydrogens (primary N) is 1. The molecule has 0 aromatic rings. The number of hydrogen-bond donors (Lipinski definition) is 1. The Morgan fingerprint density at radius 3 is 1.93 bits per heavy atom. The van der Waals surface area contributed by atoms with E-state index in [4.69, 9.17) is 5.73 Å². The lowest BCUT2D eigenvalue weighted by atomic mass is 9.71. The van der Waals surface area contributed by atoms with E-state index in [0.29, 0.717) is 11.5 Å². The Kier molecular flexibility index (Phi) is 2.70. The lowest BCUT2D eigenvalue weighted by molar-refractivity contribution is -0.0292. The van der Waals surface area contributed by atoms with E-state index < -0.39 is 0 Å². The number of hydrogen-bond acceptors (Lipinski definition) is 2. The summed E-state index contributed by atoms with van der Waals surface area (Å²) >= 11 is 0. The minimum absolute atomic E-state index is 0.0851. The number of nitrogens with zero attached hydrogens (tertiary/aromatic N) is 1. The predicted molar refractivity (Wildman–Crippen MR) is 61.9 cm³/mol. The molecule has 0 aromatic heterocycles. The largest absolute Gasteiger partial charge is 0.402 e. The fourth-order valence-corrected chi connectivity index (χ4v) is 1.74. The smallest absolute Gasteiger partial charge is 0.0125 e. The molecule has 0 bridgehead atoms. The van der Waals surface area contributed by atoms with E-state index in [1.165, 1.54) is 0 Å². The summed E-state index contributed by atoms with van der Waals surface area (Å²) in [5.74, 6) is 0.666. The van der Waals surface area contributed by atoms with Crippen LogP contribution in [0.4, 0.5) is 0 Å². The molecule has 0 unspecified atom stereocenters. The van der Waals surface area contributed by atoms with Crippen molar-refractivity contribution in [3.05, 3.63) is 12.3 Å². The first-order valence-corrected chi connectivity index (χ1v) is 5.35. The van der Waals surface area contributed by atoms with E-state index in [9.17, 15) is 0 Å². The zero-order chi connectivity index (χ0) is 11.1. The van der Waals surface area contributed by atoms with Crippen LogP contribution in [0.2, 0.25) is 0 Å². The average Bonchev–Trinajstić information content (AvgIpc) is 1.77. The molecule has 1 heterocycles. The van der Waals surface area contributed by atoms with Crippen molar-refractivity contribution in [3.8, 4) is 0 Å². The van der Waals surface area contributed by atoms with Gasteiger partial charge in [0.1, 0.15) is 0 Å². The molecule has 1 aliphatic rings. The standard InChI is InChI=1S/C12H24N2/c1-9(13)12(5,6)10-7-14(8-10)11(2,3)4/h10H,1,7-8,13H2,2-6H3. The minimum atomic E-state index is 0.0851. The molecule has 82 valence electrons. The molecule has 0 aliphatic carbocycles. The zero-order valence-corrected chi connectivity index (χ0v) is 10.2. The van der Waals surface area contributed by atoms with Gasteiger partial charge in [-0.25, -0.2) is 0 Å². The predicted octanol–water partition coefficient (Wildman–Crippen LogP) is 2.22. The summed E-state index contributed by atoms with van der Waals surface area (Å²) in [6, 6.07) is 0. The van der Waals surface area contributed by atoms with Gasteiger partial charge in [0.05, 0.1) is 0 Å². The summed E-state index contributed by atoms with van der Waals surface area (Å²) in [5, 5.41) is 0. The van der Waals surface area contributed by atoms with Crippen LogP contribution in [0.5, 0.6) is 0 Å². The van der Waals surface area contributed by atoms with Gasteiger partial charge in [-0.3, -0.25) is 4.90 Å². The Balaban J connectivity index is 2.53. The molecule has 0 radical (unpaired) electrons. The van der Waals surface area contributed by atoms with Gasteiger partial charge in [0.2, 0.25) is 0 Å². The molecule has 1 rings (SSSR count). The van der Waals surface area contributed by atoms with Crippen LogP contribution < -0.4 is 5.73 Å². The molecule has 0 aromatic carbocycles. The molecule has 0 atom stereocenters. The average molecular weight is 196 g/mol. The van der Waals surface area contributed by atoms with Gasteiger partial charge in [0.25, 0.3) is 0 Å². The number of allylic oxidation sites excluding steroid dienone is 1. The third kappa shape index (κ3) is 1.95. The van der Waals surface area contributed by atoms with E-state index in [-0.39, 0.29) is 5.41 Å². The SMILES string of the molecule is C=C(N)C(C)(C)C1CN(C(C)(C)C)C1. The fraction of sp³-hybridized carbons (Fsp3) is 0.833. The second-order valence-electron chi connectivity index (χ2n) is 6.02. The molecular formula is C12H24N2. The van der Waals surface area contributed by atoms with Gasteiger partial charge in [-0.2, -0.15) is 0 Å². The van der Waals surface area contributed by atoms with Crippen molar-refractivity contribution in [2.75, 3.05) is 13.1 Å². The first-order chi connectivity index (χ1) is 6.15. The van der Waals surface area contributed by atoms with Gasteiger partial charge in [-0.15, -0.1) is 0 Å². The number of likely N-dealkylation sites (tertiary alicyclic amines) is 1. The first-order valence-electron chi connectivity index (χ1n) is 5.35. The van der Waals surface area contributed by atoms with Crippen LogP contribution in [0.1, 0.15) is 34.6 Å². The maximum absolute atomic E-state index is 5.82. The Bertz CT molecular complexity index is 229. The van der Waals surface area contributed by atoms with Crippen LogP contribution >= 0.6 is 0 Å². The normalized spacial score (nSPS) is 20.6. The minimum Gasteiger partial charge on any atom is -0.402 e.